The molecule has 2 aromatic carbocycles. The van der Waals surface area contributed by atoms with Crippen LogP contribution in [0.3, 0.4) is 0 Å². The molecule has 0 aliphatic rings. The number of benzene rings is 2. The van der Waals surface area contributed by atoms with Crippen LogP contribution in [0.5, 0.6) is 0 Å². The lowest BCUT2D eigenvalue weighted by Crippen LogP contribution is -2.24. The fourth-order valence-electron chi connectivity index (χ4n) is 2.46. The molecule has 0 aliphatic carbocycles. The van der Waals surface area contributed by atoms with Crippen molar-refractivity contribution in [2.45, 2.75) is 19.1 Å². The third kappa shape index (κ3) is 4.89. The number of carbonyl (C=O) groups is 1. The first-order valence-corrected chi connectivity index (χ1v) is 8.43. The van der Waals surface area contributed by atoms with Gasteiger partial charge in [-0.15, -0.1) is 0 Å². The quantitative estimate of drug-likeness (QED) is 0.698. The molecule has 0 saturated carbocycles. The molecule has 3 aromatic rings. The molecule has 3 rings (SSSR count). The second kappa shape index (κ2) is 7.84. The standard InChI is InChI=1S/C19H15ClF3N3O/c20-16-4-2-1-3-14(16)11-18(27)24-12-13-5-7-15(8-6-13)26-10-9-17(25-26)19(21,22)23/h1-10H,11-12H2,(H,24,27). The molecule has 1 heterocycles. The van der Waals surface area contributed by atoms with Gasteiger partial charge in [0, 0.05) is 17.8 Å². The molecule has 8 heteroatoms. The molecule has 0 aliphatic heterocycles. The van der Waals surface area contributed by atoms with Crippen molar-refractivity contribution in [2.75, 3.05) is 0 Å². The van der Waals surface area contributed by atoms with Crippen LogP contribution >= 0.6 is 11.6 Å². The number of aromatic nitrogens is 2. The summed E-state index contributed by atoms with van der Waals surface area (Å²) in [6.45, 7) is 0.302. The lowest BCUT2D eigenvalue weighted by atomic mass is 10.1. The van der Waals surface area contributed by atoms with Gasteiger partial charge in [0.25, 0.3) is 0 Å². The van der Waals surface area contributed by atoms with Gasteiger partial charge >= 0.3 is 6.18 Å². The van der Waals surface area contributed by atoms with Gasteiger partial charge in [-0.2, -0.15) is 18.3 Å². The minimum absolute atomic E-state index is 0.172. The van der Waals surface area contributed by atoms with Crippen LogP contribution in [0.1, 0.15) is 16.8 Å². The molecule has 140 valence electrons. The van der Waals surface area contributed by atoms with Crippen molar-refractivity contribution in [2.24, 2.45) is 0 Å². The molecule has 0 atom stereocenters. The molecular formula is C19H15ClF3N3O. The zero-order valence-corrected chi connectivity index (χ0v) is 14.8. The average molecular weight is 394 g/mol. The Morgan fingerprint density at radius 3 is 2.41 bits per heavy atom. The number of halogens is 4. The molecule has 1 N–H and O–H groups in total. The first kappa shape index (κ1) is 19.0. The van der Waals surface area contributed by atoms with Crippen molar-refractivity contribution < 1.29 is 18.0 Å². The predicted molar refractivity (Wildman–Crippen MR) is 95.6 cm³/mol. The molecular weight excluding hydrogens is 379 g/mol. The molecule has 0 fully saturated rings. The Hall–Kier alpha value is -2.80. The zero-order valence-electron chi connectivity index (χ0n) is 14.0. The van der Waals surface area contributed by atoms with Gasteiger partial charge in [0.1, 0.15) is 0 Å². The number of hydrogen-bond acceptors (Lipinski definition) is 2. The Balaban J connectivity index is 1.58. The van der Waals surface area contributed by atoms with E-state index in [4.69, 9.17) is 11.6 Å². The van der Waals surface area contributed by atoms with Crippen LogP contribution in [0.25, 0.3) is 5.69 Å². The summed E-state index contributed by atoms with van der Waals surface area (Å²) >= 11 is 6.03. The van der Waals surface area contributed by atoms with Crippen LogP contribution in [0.15, 0.2) is 60.8 Å². The Labute approximate surface area is 158 Å². The summed E-state index contributed by atoms with van der Waals surface area (Å²) in [5.41, 5.74) is 1.11. The predicted octanol–water partition coefficient (Wildman–Crippen LogP) is 4.40. The SMILES string of the molecule is O=C(Cc1ccccc1Cl)NCc1ccc(-n2ccc(C(F)(F)F)n2)cc1. The Kier molecular flexibility index (Phi) is 5.51. The van der Waals surface area contributed by atoms with Crippen molar-refractivity contribution in [1.29, 1.82) is 0 Å². The highest BCUT2D eigenvalue weighted by atomic mass is 35.5. The number of nitrogens with zero attached hydrogens (tertiary/aromatic N) is 2. The van der Waals surface area contributed by atoms with Crippen LogP contribution in [0, 0.1) is 0 Å². The van der Waals surface area contributed by atoms with Gasteiger partial charge < -0.3 is 5.32 Å². The van der Waals surface area contributed by atoms with E-state index in [9.17, 15) is 18.0 Å². The first-order valence-electron chi connectivity index (χ1n) is 8.05. The van der Waals surface area contributed by atoms with Gasteiger partial charge in [-0.1, -0.05) is 41.9 Å². The van der Waals surface area contributed by atoms with Gasteiger partial charge in [0.05, 0.1) is 12.1 Å². The van der Waals surface area contributed by atoms with Crippen LogP contribution < -0.4 is 5.32 Å². The lowest BCUT2D eigenvalue weighted by Gasteiger charge is -2.08. The Bertz CT molecular complexity index is 936. The Morgan fingerprint density at radius 2 is 1.78 bits per heavy atom. The van der Waals surface area contributed by atoms with Crippen molar-refractivity contribution in [3.05, 3.63) is 82.6 Å². The number of hydrogen-bond donors (Lipinski definition) is 1. The van der Waals surface area contributed by atoms with Crippen LogP contribution in [0.2, 0.25) is 5.02 Å². The monoisotopic (exact) mass is 393 g/mol. The molecule has 27 heavy (non-hydrogen) atoms. The molecule has 0 saturated heterocycles. The zero-order chi connectivity index (χ0) is 19.4. The summed E-state index contributed by atoms with van der Waals surface area (Å²) in [6, 6.07) is 14.8. The molecule has 1 amide bonds. The topological polar surface area (TPSA) is 46.9 Å². The lowest BCUT2D eigenvalue weighted by molar-refractivity contribution is -0.141. The third-order valence-electron chi connectivity index (χ3n) is 3.88. The van der Waals surface area contributed by atoms with Crippen molar-refractivity contribution >= 4 is 17.5 Å². The molecule has 1 aromatic heterocycles. The molecule has 0 unspecified atom stereocenters. The van der Waals surface area contributed by atoms with Crippen molar-refractivity contribution in [1.82, 2.24) is 15.1 Å². The van der Waals surface area contributed by atoms with E-state index in [0.717, 1.165) is 21.9 Å². The summed E-state index contributed by atoms with van der Waals surface area (Å²) in [5, 5.41) is 6.85. The van der Waals surface area contributed by atoms with E-state index in [1.54, 1.807) is 42.5 Å². The molecule has 0 radical (unpaired) electrons. The van der Waals surface area contributed by atoms with Crippen LogP contribution in [0.4, 0.5) is 13.2 Å². The molecule has 4 nitrogen and oxygen atoms in total. The number of rotatable bonds is 5. The Morgan fingerprint density at radius 1 is 1.07 bits per heavy atom. The van der Waals surface area contributed by atoms with E-state index < -0.39 is 11.9 Å². The summed E-state index contributed by atoms with van der Waals surface area (Å²) < 4.78 is 39.0. The van der Waals surface area contributed by atoms with Gasteiger partial charge in [0.15, 0.2) is 5.69 Å². The first-order chi connectivity index (χ1) is 12.8. The summed E-state index contributed by atoms with van der Waals surface area (Å²) in [7, 11) is 0. The molecule has 0 bridgehead atoms. The highest BCUT2D eigenvalue weighted by Gasteiger charge is 2.33. The summed E-state index contributed by atoms with van der Waals surface area (Å²) in [4.78, 5) is 12.0. The normalized spacial score (nSPS) is 11.4. The van der Waals surface area contributed by atoms with Crippen LogP contribution in [-0.4, -0.2) is 15.7 Å². The largest absolute Gasteiger partial charge is 0.435 e. The van der Waals surface area contributed by atoms with Crippen molar-refractivity contribution in [3.8, 4) is 5.69 Å². The minimum atomic E-state index is -4.48. The van der Waals surface area contributed by atoms with Gasteiger partial charge in [-0.3, -0.25) is 4.79 Å². The fourth-order valence-corrected chi connectivity index (χ4v) is 2.67. The van der Waals surface area contributed by atoms with Gasteiger partial charge in [-0.25, -0.2) is 4.68 Å². The second-order valence-electron chi connectivity index (χ2n) is 5.85. The maximum Gasteiger partial charge on any atom is 0.435 e. The number of nitrogens with one attached hydrogen (secondary N) is 1. The van der Waals surface area contributed by atoms with Gasteiger partial charge in [-0.05, 0) is 35.4 Å². The van der Waals surface area contributed by atoms with E-state index in [2.05, 4.69) is 10.4 Å². The highest BCUT2D eigenvalue weighted by molar-refractivity contribution is 6.31. The molecule has 0 spiro atoms. The van der Waals surface area contributed by atoms with Gasteiger partial charge in [0.2, 0.25) is 5.91 Å². The second-order valence-corrected chi connectivity index (χ2v) is 6.26. The van der Waals surface area contributed by atoms with Crippen LogP contribution in [-0.2, 0) is 23.9 Å². The number of alkyl halides is 3. The van der Waals surface area contributed by atoms with E-state index in [-0.39, 0.29) is 12.3 Å². The maximum atomic E-state index is 12.6. The van der Waals surface area contributed by atoms with E-state index in [1.165, 1.54) is 6.20 Å². The van der Waals surface area contributed by atoms with E-state index in [0.29, 0.717) is 17.3 Å². The maximum absolute atomic E-state index is 12.6. The fraction of sp³-hybridized carbons (Fsp3) is 0.158. The number of carbonyl (C=O) groups excluding carboxylic acids is 1. The van der Waals surface area contributed by atoms with E-state index >= 15 is 0 Å². The highest BCUT2D eigenvalue weighted by Crippen LogP contribution is 2.27. The summed E-state index contributed by atoms with van der Waals surface area (Å²) in [6.07, 6.45) is -3.05. The third-order valence-corrected chi connectivity index (χ3v) is 4.25. The summed E-state index contributed by atoms with van der Waals surface area (Å²) in [5.74, 6) is -0.172. The van der Waals surface area contributed by atoms with E-state index in [1.807, 2.05) is 6.07 Å². The minimum Gasteiger partial charge on any atom is -0.352 e. The smallest absolute Gasteiger partial charge is 0.352 e. The van der Waals surface area contributed by atoms with Crippen molar-refractivity contribution in [3.63, 3.8) is 0 Å². The number of amides is 1. The average Bonchev–Trinajstić information content (AvgIpc) is 3.13.